The van der Waals surface area contributed by atoms with Gasteiger partial charge >= 0.3 is 0 Å². The minimum Gasteiger partial charge on any atom is -0.490 e. The Kier molecular flexibility index (Phi) is 6.43. The molecule has 0 saturated carbocycles. The van der Waals surface area contributed by atoms with Gasteiger partial charge in [0.05, 0.1) is 5.52 Å². The van der Waals surface area contributed by atoms with Crippen molar-refractivity contribution in [1.82, 2.24) is 10.3 Å². The number of aromatic amines is 1. The summed E-state index contributed by atoms with van der Waals surface area (Å²) in [7, 11) is 0. The minimum atomic E-state index is -0.667. The number of fused-ring (bicyclic) bond motifs is 1. The Balaban J connectivity index is 2.17. The van der Waals surface area contributed by atoms with Crippen LogP contribution in [-0.2, 0) is 0 Å². The smallest absolute Gasteiger partial charge is 0.248 e. The largest absolute Gasteiger partial charge is 0.490 e. The van der Waals surface area contributed by atoms with Gasteiger partial charge < -0.3 is 24.9 Å². The normalized spacial score (nSPS) is 11.7. The molecule has 1 aromatic heterocycles. The number of ether oxygens (including phenoxy) is 2. The van der Waals surface area contributed by atoms with Gasteiger partial charge in [0, 0.05) is 24.5 Å². The second kappa shape index (κ2) is 8.77. The van der Waals surface area contributed by atoms with Crippen LogP contribution in [-0.4, -0.2) is 42.5 Å². The van der Waals surface area contributed by atoms with Gasteiger partial charge in [0.2, 0.25) is 5.56 Å². The van der Waals surface area contributed by atoms with Gasteiger partial charge in [0.25, 0.3) is 0 Å². The average molecular weight is 328 g/mol. The molecule has 6 heteroatoms. The van der Waals surface area contributed by atoms with Gasteiger partial charge in [-0.05, 0) is 18.2 Å². The molecular weight excluding hydrogens is 308 g/mol. The molecule has 0 spiro atoms. The van der Waals surface area contributed by atoms with E-state index in [0.717, 1.165) is 0 Å². The first kappa shape index (κ1) is 17.6. The second-order valence-electron chi connectivity index (χ2n) is 5.08. The van der Waals surface area contributed by atoms with E-state index in [1.54, 1.807) is 24.3 Å². The molecule has 126 valence electrons. The van der Waals surface area contributed by atoms with E-state index in [0.29, 0.717) is 35.5 Å². The molecule has 2 aromatic rings. The molecule has 0 bridgehead atoms. The van der Waals surface area contributed by atoms with E-state index in [-0.39, 0.29) is 18.8 Å². The van der Waals surface area contributed by atoms with Crippen molar-refractivity contribution < 1.29 is 14.6 Å². The van der Waals surface area contributed by atoms with E-state index in [4.69, 9.17) is 15.9 Å². The van der Waals surface area contributed by atoms with Gasteiger partial charge in [0.15, 0.2) is 0 Å². The summed E-state index contributed by atoms with van der Waals surface area (Å²) in [5.41, 5.74) is 0.258. The minimum absolute atomic E-state index is 0.0971. The number of benzene rings is 1. The maximum Gasteiger partial charge on any atom is 0.248 e. The number of rotatable bonds is 9. The van der Waals surface area contributed by atoms with Crippen LogP contribution in [0.15, 0.2) is 41.7 Å². The van der Waals surface area contributed by atoms with Crippen molar-refractivity contribution in [2.24, 2.45) is 0 Å². The molecule has 1 heterocycles. The Hall–Kier alpha value is -2.75. The molecule has 1 aromatic carbocycles. The molecule has 0 saturated heterocycles. The van der Waals surface area contributed by atoms with Crippen LogP contribution >= 0.6 is 0 Å². The lowest BCUT2D eigenvalue weighted by molar-refractivity contribution is 0.108. The molecule has 1 unspecified atom stereocenters. The Morgan fingerprint density at radius 2 is 2.12 bits per heavy atom. The average Bonchev–Trinajstić information content (AvgIpc) is 2.58. The second-order valence-corrected chi connectivity index (χ2v) is 5.08. The van der Waals surface area contributed by atoms with E-state index in [1.807, 2.05) is 0 Å². The number of hydrogen-bond acceptors (Lipinski definition) is 5. The molecular formula is C18H20N2O4. The predicted molar refractivity (Wildman–Crippen MR) is 93.5 cm³/mol. The van der Waals surface area contributed by atoms with Gasteiger partial charge in [0.1, 0.15) is 30.8 Å². The number of aromatic nitrogens is 1. The first-order valence-corrected chi connectivity index (χ1v) is 7.50. The summed E-state index contributed by atoms with van der Waals surface area (Å²) in [6.45, 7) is 4.81. The predicted octanol–water partition coefficient (Wildman–Crippen LogP) is 1.06. The maximum atomic E-state index is 11.6. The van der Waals surface area contributed by atoms with Gasteiger partial charge in [-0.25, -0.2) is 0 Å². The third kappa shape index (κ3) is 4.62. The topological polar surface area (TPSA) is 83.6 Å². The van der Waals surface area contributed by atoms with E-state index in [1.165, 1.54) is 6.07 Å². The molecule has 6 nitrogen and oxygen atoms in total. The van der Waals surface area contributed by atoms with Crippen molar-refractivity contribution in [2.45, 2.75) is 6.10 Å². The summed E-state index contributed by atoms with van der Waals surface area (Å²) in [4.78, 5) is 14.3. The Bertz CT molecular complexity index is 792. The quantitative estimate of drug-likeness (QED) is 0.364. The summed E-state index contributed by atoms with van der Waals surface area (Å²) in [5.74, 6) is 3.39. The molecule has 24 heavy (non-hydrogen) atoms. The fourth-order valence-corrected chi connectivity index (χ4v) is 2.16. The third-order valence-electron chi connectivity index (χ3n) is 3.23. The van der Waals surface area contributed by atoms with Gasteiger partial charge in [-0.1, -0.05) is 12.0 Å². The molecule has 0 aliphatic carbocycles. The van der Waals surface area contributed by atoms with Crippen LogP contribution in [0.4, 0.5) is 0 Å². The van der Waals surface area contributed by atoms with Crippen molar-refractivity contribution in [3.63, 3.8) is 0 Å². The Labute approximate surface area is 140 Å². The summed E-state index contributed by atoms with van der Waals surface area (Å²) in [5, 5.41) is 13.6. The number of aliphatic hydroxyl groups is 1. The van der Waals surface area contributed by atoms with E-state index >= 15 is 0 Å². The zero-order valence-corrected chi connectivity index (χ0v) is 13.2. The molecule has 0 aliphatic heterocycles. The highest BCUT2D eigenvalue weighted by Gasteiger charge is 2.11. The zero-order valence-electron chi connectivity index (χ0n) is 13.2. The maximum absolute atomic E-state index is 11.6. The van der Waals surface area contributed by atoms with Gasteiger partial charge in [-0.15, -0.1) is 13.0 Å². The highest BCUT2D eigenvalue weighted by atomic mass is 16.5. The van der Waals surface area contributed by atoms with Crippen LogP contribution in [0.25, 0.3) is 10.9 Å². The standard InChI is InChI=1S/C18H20N2O4/c1-3-9-19-11-13(21)12-24-15-6-7-16(23-10-4-2)18-14(15)5-8-17(22)20-18/h2-3,5-8,13,19,21H,1,9-12H2,(H,20,22). The van der Waals surface area contributed by atoms with Gasteiger partial charge in [-0.2, -0.15) is 0 Å². The third-order valence-corrected chi connectivity index (χ3v) is 3.23. The van der Waals surface area contributed by atoms with E-state index in [2.05, 4.69) is 22.8 Å². The van der Waals surface area contributed by atoms with Crippen LogP contribution in [0.1, 0.15) is 0 Å². The van der Waals surface area contributed by atoms with Crippen molar-refractivity contribution in [3.8, 4) is 23.8 Å². The molecule has 3 N–H and O–H groups in total. The van der Waals surface area contributed by atoms with Crippen molar-refractivity contribution in [3.05, 3.63) is 47.3 Å². The summed E-state index contributed by atoms with van der Waals surface area (Å²) >= 11 is 0. The van der Waals surface area contributed by atoms with Crippen molar-refractivity contribution in [2.75, 3.05) is 26.3 Å². The number of pyridine rings is 1. The van der Waals surface area contributed by atoms with Crippen LogP contribution < -0.4 is 20.3 Å². The van der Waals surface area contributed by atoms with Crippen LogP contribution in [0.3, 0.4) is 0 Å². The summed E-state index contributed by atoms with van der Waals surface area (Å²) < 4.78 is 11.1. The van der Waals surface area contributed by atoms with Crippen molar-refractivity contribution in [1.29, 1.82) is 0 Å². The highest BCUT2D eigenvalue weighted by Crippen LogP contribution is 2.31. The van der Waals surface area contributed by atoms with Gasteiger partial charge in [-0.3, -0.25) is 4.79 Å². The van der Waals surface area contributed by atoms with Crippen LogP contribution in [0.2, 0.25) is 0 Å². The monoisotopic (exact) mass is 328 g/mol. The lowest BCUT2D eigenvalue weighted by atomic mass is 10.2. The van der Waals surface area contributed by atoms with E-state index in [9.17, 15) is 9.90 Å². The Morgan fingerprint density at radius 3 is 2.88 bits per heavy atom. The summed E-state index contributed by atoms with van der Waals surface area (Å²) in [6, 6.07) is 6.44. The molecule has 1 atom stereocenters. The molecule has 2 rings (SSSR count). The fourth-order valence-electron chi connectivity index (χ4n) is 2.16. The molecule has 0 amide bonds. The van der Waals surface area contributed by atoms with Crippen LogP contribution in [0, 0.1) is 12.3 Å². The lowest BCUT2D eigenvalue weighted by Crippen LogP contribution is -2.31. The lowest BCUT2D eigenvalue weighted by Gasteiger charge is -2.15. The molecule has 0 radical (unpaired) electrons. The first-order chi connectivity index (χ1) is 11.7. The molecule has 0 aliphatic rings. The molecule has 0 fully saturated rings. The zero-order chi connectivity index (χ0) is 17.4. The Morgan fingerprint density at radius 1 is 1.33 bits per heavy atom. The fraction of sp³-hybridized carbons (Fsp3) is 0.278. The number of aliphatic hydroxyl groups excluding tert-OH is 1. The number of terminal acetylenes is 1. The number of H-pyrrole nitrogens is 1. The summed E-state index contributed by atoms with van der Waals surface area (Å²) in [6.07, 6.45) is 6.25. The SMILES string of the molecule is C#CCOc1ccc(OCC(O)CNCC=C)c2ccc(=O)[nH]c12. The van der Waals surface area contributed by atoms with Crippen molar-refractivity contribution >= 4 is 10.9 Å². The van der Waals surface area contributed by atoms with E-state index < -0.39 is 6.10 Å². The first-order valence-electron chi connectivity index (χ1n) is 7.50. The number of nitrogens with one attached hydrogen (secondary N) is 2. The number of hydrogen-bond donors (Lipinski definition) is 3. The van der Waals surface area contributed by atoms with Crippen LogP contribution in [0.5, 0.6) is 11.5 Å². The highest BCUT2D eigenvalue weighted by molar-refractivity contribution is 5.89.